The van der Waals surface area contributed by atoms with Crippen molar-refractivity contribution in [1.29, 1.82) is 0 Å². The number of halogens is 2. The van der Waals surface area contributed by atoms with E-state index in [9.17, 15) is 0 Å². The predicted molar refractivity (Wildman–Crippen MR) is 104 cm³/mol. The number of benzene rings is 1. The largest absolute Gasteiger partial charge is 0.314 e. The highest BCUT2D eigenvalue weighted by Crippen LogP contribution is 2.28. The number of pyridine rings is 2. The molecule has 1 atom stereocenters. The summed E-state index contributed by atoms with van der Waals surface area (Å²) in [5.41, 5.74) is 3.50. The molecule has 4 rings (SSSR count). The molecule has 1 N–H and O–H groups in total. The molecule has 2 aromatic heterocycles. The van der Waals surface area contributed by atoms with E-state index in [0.717, 1.165) is 42.1 Å². The lowest BCUT2D eigenvalue weighted by molar-refractivity contribution is 0.154. The van der Waals surface area contributed by atoms with Crippen molar-refractivity contribution in [3.63, 3.8) is 0 Å². The van der Waals surface area contributed by atoms with Gasteiger partial charge >= 0.3 is 0 Å². The fourth-order valence-corrected chi connectivity index (χ4v) is 3.67. The standard InChI is InChI=1S/C19H19ClN4.ClH/c20-17-10-15-2-1-5-23-19(15)16(11-17)13-24-9-8-22-12-18(24)14-3-6-21-7-4-14;/h1-7,10-11,18,22H,8-9,12-13H2;1H. The van der Waals surface area contributed by atoms with E-state index in [1.54, 1.807) is 0 Å². The van der Waals surface area contributed by atoms with Crippen molar-refractivity contribution in [2.75, 3.05) is 19.6 Å². The summed E-state index contributed by atoms with van der Waals surface area (Å²) in [7, 11) is 0. The van der Waals surface area contributed by atoms with Gasteiger partial charge < -0.3 is 5.32 Å². The maximum absolute atomic E-state index is 6.33. The highest BCUT2D eigenvalue weighted by molar-refractivity contribution is 6.31. The zero-order valence-corrected chi connectivity index (χ0v) is 15.3. The molecule has 25 heavy (non-hydrogen) atoms. The fourth-order valence-electron chi connectivity index (χ4n) is 3.42. The van der Waals surface area contributed by atoms with Gasteiger partial charge in [-0.05, 0) is 41.5 Å². The summed E-state index contributed by atoms with van der Waals surface area (Å²) >= 11 is 6.33. The van der Waals surface area contributed by atoms with Crippen LogP contribution in [0.5, 0.6) is 0 Å². The highest BCUT2D eigenvalue weighted by Gasteiger charge is 2.24. The van der Waals surface area contributed by atoms with Gasteiger partial charge in [0.25, 0.3) is 0 Å². The second kappa shape index (κ2) is 8.11. The molecule has 0 spiro atoms. The lowest BCUT2D eigenvalue weighted by Crippen LogP contribution is -2.45. The molecule has 0 radical (unpaired) electrons. The first-order chi connectivity index (χ1) is 11.8. The molecule has 1 saturated heterocycles. The second-order valence-corrected chi connectivity index (χ2v) is 6.55. The predicted octanol–water partition coefficient (Wildman–Crippen LogP) is 3.85. The maximum Gasteiger partial charge on any atom is 0.0747 e. The van der Waals surface area contributed by atoms with E-state index in [0.29, 0.717) is 6.04 Å². The van der Waals surface area contributed by atoms with Gasteiger partial charge in [0.2, 0.25) is 0 Å². The summed E-state index contributed by atoms with van der Waals surface area (Å²) in [5, 5.41) is 5.35. The lowest BCUT2D eigenvalue weighted by atomic mass is 10.0. The van der Waals surface area contributed by atoms with Crippen LogP contribution in [0.3, 0.4) is 0 Å². The van der Waals surface area contributed by atoms with Crippen LogP contribution in [0.1, 0.15) is 17.2 Å². The first kappa shape index (κ1) is 18.1. The van der Waals surface area contributed by atoms with Crippen LogP contribution < -0.4 is 5.32 Å². The molecule has 1 aromatic carbocycles. The fraction of sp³-hybridized carbons (Fsp3) is 0.263. The molecule has 0 saturated carbocycles. The van der Waals surface area contributed by atoms with Crippen LogP contribution in [0.15, 0.2) is 55.0 Å². The summed E-state index contributed by atoms with van der Waals surface area (Å²) < 4.78 is 0. The van der Waals surface area contributed by atoms with E-state index >= 15 is 0 Å². The molecule has 1 fully saturated rings. The SMILES string of the molecule is Cl.Clc1cc(CN2CCNCC2c2ccncc2)c2ncccc2c1. The van der Waals surface area contributed by atoms with Gasteiger partial charge in [-0.3, -0.25) is 14.9 Å². The quantitative estimate of drug-likeness (QED) is 0.755. The molecule has 3 aromatic rings. The molecule has 3 heterocycles. The van der Waals surface area contributed by atoms with Crippen molar-refractivity contribution >= 4 is 34.9 Å². The van der Waals surface area contributed by atoms with Gasteiger partial charge in [0.05, 0.1) is 5.52 Å². The van der Waals surface area contributed by atoms with Crippen molar-refractivity contribution in [1.82, 2.24) is 20.2 Å². The van der Waals surface area contributed by atoms with Crippen LogP contribution in [0.4, 0.5) is 0 Å². The molecular formula is C19H20Cl2N4. The van der Waals surface area contributed by atoms with Crippen molar-refractivity contribution in [3.8, 4) is 0 Å². The Bertz CT molecular complexity index is 841. The van der Waals surface area contributed by atoms with Gasteiger partial charge in [0.1, 0.15) is 0 Å². The minimum atomic E-state index is 0. The van der Waals surface area contributed by atoms with Gasteiger partial charge in [-0.1, -0.05) is 17.7 Å². The Kier molecular flexibility index (Phi) is 5.86. The lowest BCUT2D eigenvalue weighted by Gasteiger charge is -2.36. The average molecular weight is 375 g/mol. The minimum Gasteiger partial charge on any atom is -0.314 e. The van der Waals surface area contributed by atoms with E-state index in [2.05, 4.69) is 38.4 Å². The van der Waals surface area contributed by atoms with Crippen molar-refractivity contribution in [2.45, 2.75) is 12.6 Å². The van der Waals surface area contributed by atoms with Gasteiger partial charge in [0.15, 0.2) is 0 Å². The Hall–Kier alpha value is -1.72. The number of hydrogen-bond donors (Lipinski definition) is 1. The smallest absolute Gasteiger partial charge is 0.0747 e. The van der Waals surface area contributed by atoms with E-state index in [4.69, 9.17) is 11.6 Å². The first-order valence-corrected chi connectivity index (χ1v) is 8.57. The Labute approximate surface area is 158 Å². The molecule has 130 valence electrons. The summed E-state index contributed by atoms with van der Waals surface area (Å²) in [6.07, 6.45) is 5.56. The number of aromatic nitrogens is 2. The van der Waals surface area contributed by atoms with E-state index < -0.39 is 0 Å². The number of nitrogens with zero attached hydrogens (tertiary/aromatic N) is 3. The van der Waals surface area contributed by atoms with Crippen molar-refractivity contribution in [2.24, 2.45) is 0 Å². The summed E-state index contributed by atoms with van der Waals surface area (Å²) in [5.74, 6) is 0. The third-order valence-corrected chi connectivity index (χ3v) is 4.79. The van der Waals surface area contributed by atoms with Gasteiger partial charge in [-0.25, -0.2) is 0 Å². The van der Waals surface area contributed by atoms with Crippen LogP contribution in [-0.2, 0) is 6.54 Å². The highest BCUT2D eigenvalue weighted by atomic mass is 35.5. The Morgan fingerprint density at radius 2 is 2.00 bits per heavy atom. The van der Waals surface area contributed by atoms with Gasteiger partial charge in [-0.2, -0.15) is 0 Å². The van der Waals surface area contributed by atoms with E-state index in [1.807, 2.05) is 36.8 Å². The normalized spacial score (nSPS) is 18.0. The Morgan fingerprint density at radius 1 is 1.16 bits per heavy atom. The second-order valence-electron chi connectivity index (χ2n) is 6.11. The molecule has 6 heteroatoms. The Balaban J connectivity index is 0.00000182. The summed E-state index contributed by atoms with van der Waals surface area (Å²) in [6, 6.07) is 12.6. The van der Waals surface area contributed by atoms with Crippen LogP contribution in [0.2, 0.25) is 5.02 Å². The van der Waals surface area contributed by atoms with Crippen LogP contribution >= 0.6 is 24.0 Å². The van der Waals surface area contributed by atoms with Crippen LogP contribution in [0.25, 0.3) is 10.9 Å². The van der Waals surface area contributed by atoms with E-state index in [-0.39, 0.29) is 12.4 Å². The molecule has 1 unspecified atom stereocenters. The van der Waals surface area contributed by atoms with Gasteiger partial charge in [0, 0.05) is 61.2 Å². The summed E-state index contributed by atoms with van der Waals surface area (Å²) in [4.78, 5) is 11.2. The summed E-state index contributed by atoms with van der Waals surface area (Å²) in [6.45, 7) is 3.76. The van der Waals surface area contributed by atoms with Crippen LogP contribution in [-0.4, -0.2) is 34.5 Å². The third-order valence-electron chi connectivity index (χ3n) is 4.57. The zero-order chi connectivity index (χ0) is 16.4. The Morgan fingerprint density at radius 3 is 2.84 bits per heavy atom. The zero-order valence-electron chi connectivity index (χ0n) is 13.7. The van der Waals surface area contributed by atoms with Crippen molar-refractivity contribution in [3.05, 3.63) is 71.1 Å². The molecule has 0 aliphatic carbocycles. The topological polar surface area (TPSA) is 41.0 Å². The van der Waals surface area contributed by atoms with E-state index in [1.165, 1.54) is 11.1 Å². The average Bonchev–Trinajstić information content (AvgIpc) is 2.63. The number of nitrogens with one attached hydrogen (secondary N) is 1. The number of rotatable bonds is 3. The first-order valence-electron chi connectivity index (χ1n) is 8.19. The van der Waals surface area contributed by atoms with Crippen LogP contribution in [0, 0.1) is 0 Å². The molecule has 1 aliphatic heterocycles. The molecular weight excluding hydrogens is 355 g/mol. The molecule has 0 amide bonds. The van der Waals surface area contributed by atoms with Crippen molar-refractivity contribution < 1.29 is 0 Å². The molecule has 4 nitrogen and oxygen atoms in total. The monoisotopic (exact) mass is 374 g/mol. The number of hydrogen-bond acceptors (Lipinski definition) is 4. The number of fused-ring (bicyclic) bond motifs is 1. The van der Waals surface area contributed by atoms with Gasteiger partial charge in [-0.15, -0.1) is 12.4 Å². The number of piperazine rings is 1. The maximum atomic E-state index is 6.33. The molecule has 1 aliphatic rings. The third kappa shape index (κ3) is 3.93. The molecule has 0 bridgehead atoms. The minimum absolute atomic E-state index is 0.